The van der Waals surface area contributed by atoms with Crippen LogP contribution in [0, 0.1) is 11.3 Å². The van der Waals surface area contributed by atoms with Crippen LogP contribution in [0.25, 0.3) is 22.4 Å². The van der Waals surface area contributed by atoms with Crippen molar-refractivity contribution >= 4 is 32.3 Å². The number of hydrogen-bond acceptors (Lipinski definition) is 8. The van der Waals surface area contributed by atoms with E-state index in [1.807, 2.05) is 53.2 Å². The standard InChI is InChI=1S/C26H21N5O4S/c1-34-19-10-6-17(7-11-19)16-31-24-5-3-4-21(22(24)15-28-31)25-30-23(14-27)26(35-25)29-18-8-12-20(13-9-18)36(2,32)33/h3-13,15,29H,16H2,1-2H3. The fourth-order valence-electron chi connectivity index (χ4n) is 3.83. The average Bonchev–Trinajstić information content (AvgIpc) is 3.48. The van der Waals surface area contributed by atoms with Gasteiger partial charge < -0.3 is 14.5 Å². The van der Waals surface area contributed by atoms with Crippen LogP contribution in [0.15, 0.2) is 82.2 Å². The first-order valence-electron chi connectivity index (χ1n) is 10.9. The van der Waals surface area contributed by atoms with Gasteiger partial charge in [0.2, 0.25) is 17.5 Å². The van der Waals surface area contributed by atoms with Crippen LogP contribution in [0.1, 0.15) is 11.3 Å². The number of fused-ring (bicyclic) bond motifs is 1. The van der Waals surface area contributed by atoms with Gasteiger partial charge in [-0.3, -0.25) is 4.68 Å². The largest absolute Gasteiger partial charge is 0.497 e. The molecule has 9 nitrogen and oxygen atoms in total. The molecule has 0 aliphatic rings. The molecular weight excluding hydrogens is 478 g/mol. The van der Waals surface area contributed by atoms with Crippen molar-refractivity contribution in [3.8, 4) is 23.3 Å². The molecule has 10 heteroatoms. The van der Waals surface area contributed by atoms with Gasteiger partial charge in [0.1, 0.15) is 11.8 Å². The zero-order valence-corrected chi connectivity index (χ0v) is 20.3. The number of benzene rings is 3. The number of aromatic nitrogens is 3. The molecule has 0 amide bonds. The van der Waals surface area contributed by atoms with E-state index < -0.39 is 9.84 Å². The van der Waals surface area contributed by atoms with Crippen molar-refractivity contribution in [1.82, 2.24) is 14.8 Å². The molecule has 1 N–H and O–H groups in total. The van der Waals surface area contributed by atoms with Crippen molar-refractivity contribution in [3.05, 3.63) is 84.2 Å². The highest BCUT2D eigenvalue weighted by Gasteiger charge is 2.18. The monoisotopic (exact) mass is 499 g/mol. The number of nitrogens with one attached hydrogen (secondary N) is 1. The molecule has 0 atom stereocenters. The molecule has 5 aromatic rings. The van der Waals surface area contributed by atoms with Gasteiger partial charge in [0, 0.05) is 22.9 Å². The second-order valence-electron chi connectivity index (χ2n) is 8.12. The molecule has 2 aromatic heterocycles. The number of anilines is 2. The van der Waals surface area contributed by atoms with Gasteiger partial charge in [-0.2, -0.15) is 15.3 Å². The lowest BCUT2D eigenvalue weighted by Gasteiger charge is -2.06. The Labute approximate surface area is 207 Å². The molecule has 0 radical (unpaired) electrons. The summed E-state index contributed by atoms with van der Waals surface area (Å²) < 4.78 is 36.4. The first-order chi connectivity index (χ1) is 17.4. The number of sulfone groups is 1. The van der Waals surface area contributed by atoms with E-state index in [9.17, 15) is 13.7 Å². The third kappa shape index (κ3) is 4.52. The summed E-state index contributed by atoms with van der Waals surface area (Å²) in [5.41, 5.74) is 3.31. The lowest BCUT2D eigenvalue weighted by molar-refractivity contribution is 0.414. The highest BCUT2D eigenvalue weighted by molar-refractivity contribution is 7.90. The molecule has 0 saturated carbocycles. The Morgan fingerprint density at radius 3 is 2.50 bits per heavy atom. The van der Waals surface area contributed by atoms with Crippen molar-refractivity contribution < 1.29 is 17.6 Å². The predicted molar refractivity (Wildman–Crippen MR) is 135 cm³/mol. The number of hydrogen-bond donors (Lipinski definition) is 1. The molecule has 36 heavy (non-hydrogen) atoms. The normalized spacial score (nSPS) is 11.4. The molecule has 0 bridgehead atoms. The van der Waals surface area contributed by atoms with Gasteiger partial charge in [0.25, 0.3) is 0 Å². The van der Waals surface area contributed by atoms with E-state index in [0.717, 1.165) is 28.5 Å². The van der Waals surface area contributed by atoms with Crippen molar-refractivity contribution in [1.29, 1.82) is 5.26 Å². The second kappa shape index (κ2) is 9.20. The van der Waals surface area contributed by atoms with Gasteiger partial charge in [-0.25, -0.2) is 8.42 Å². The Bertz CT molecular complexity index is 1700. The van der Waals surface area contributed by atoms with E-state index >= 15 is 0 Å². The minimum Gasteiger partial charge on any atom is -0.497 e. The van der Waals surface area contributed by atoms with Gasteiger partial charge in [-0.05, 0) is 54.1 Å². The maximum atomic E-state index is 11.7. The first kappa shape index (κ1) is 23.1. The Hall–Kier alpha value is -4.62. The number of nitrogens with zero attached hydrogens (tertiary/aromatic N) is 4. The summed E-state index contributed by atoms with van der Waals surface area (Å²) in [5.74, 6) is 1.23. The van der Waals surface area contributed by atoms with Crippen molar-refractivity contribution in [2.75, 3.05) is 18.7 Å². The fraction of sp³-hybridized carbons (Fsp3) is 0.115. The SMILES string of the molecule is COc1ccc(Cn2ncc3c(-c4nc(C#N)c(Nc5ccc(S(C)(=O)=O)cc5)o4)cccc32)cc1. The lowest BCUT2D eigenvalue weighted by atomic mass is 10.1. The summed E-state index contributed by atoms with van der Waals surface area (Å²) in [6.45, 7) is 0.572. The third-order valence-corrected chi connectivity index (χ3v) is 6.81. The molecule has 5 rings (SSSR count). The number of nitriles is 1. The van der Waals surface area contributed by atoms with Gasteiger partial charge in [-0.1, -0.05) is 18.2 Å². The Balaban J connectivity index is 1.45. The minimum absolute atomic E-state index is 0.0832. The molecular formula is C26H21N5O4S. The van der Waals surface area contributed by atoms with Crippen LogP contribution in [-0.2, 0) is 16.4 Å². The number of rotatable bonds is 7. The summed E-state index contributed by atoms with van der Waals surface area (Å²) >= 11 is 0. The van der Waals surface area contributed by atoms with Crippen LogP contribution in [0.2, 0.25) is 0 Å². The van der Waals surface area contributed by atoms with Crippen molar-refractivity contribution in [3.63, 3.8) is 0 Å². The van der Waals surface area contributed by atoms with E-state index in [0.29, 0.717) is 17.8 Å². The van der Waals surface area contributed by atoms with Gasteiger partial charge >= 0.3 is 0 Å². The van der Waals surface area contributed by atoms with E-state index in [1.165, 1.54) is 12.1 Å². The maximum Gasteiger partial charge on any atom is 0.236 e. The molecule has 0 saturated heterocycles. The third-order valence-electron chi connectivity index (χ3n) is 5.68. The molecule has 0 aliphatic heterocycles. The maximum absolute atomic E-state index is 11.7. The van der Waals surface area contributed by atoms with Gasteiger partial charge in [-0.15, -0.1) is 0 Å². The van der Waals surface area contributed by atoms with Crippen LogP contribution in [0.4, 0.5) is 11.6 Å². The van der Waals surface area contributed by atoms with E-state index in [2.05, 4.69) is 15.4 Å². The smallest absolute Gasteiger partial charge is 0.236 e. The second-order valence-corrected chi connectivity index (χ2v) is 10.1. The number of methoxy groups -OCH3 is 1. The zero-order valence-electron chi connectivity index (χ0n) is 19.5. The van der Waals surface area contributed by atoms with Crippen LogP contribution in [-0.4, -0.2) is 36.5 Å². The molecule has 3 aromatic carbocycles. The highest BCUT2D eigenvalue weighted by atomic mass is 32.2. The van der Waals surface area contributed by atoms with Crippen molar-refractivity contribution in [2.24, 2.45) is 0 Å². The van der Waals surface area contributed by atoms with E-state index in [-0.39, 0.29) is 22.4 Å². The highest BCUT2D eigenvalue weighted by Crippen LogP contribution is 2.33. The van der Waals surface area contributed by atoms with Gasteiger partial charge in [0.15, 0.2) is 9.84 Å². The molecule has 180 valence electrons. The zero-order chi connectivity index (χ0) is 25.3. The summed E-state index contributed by atoms with van der Waals surface area (Å²) in [6, 6.07) is 21.7. The summed E-state index contributed by atoms with van der Waals surface area (Å²) in [5, 5.41) is 18.0. The quantitative estimate of drug-likeness (QED) is 0.340. The summed E-state index contributed by atoms with van der Waals surface area (Å²) in [6.07, 6.45) is 2.90. The summed E-state index contributed by atoms with van der Waals surface area (Å²) in [7, 11) is -1.68. The number of ether oxygens (including phenoxy) is 1. The number of oxazole rings is 1. The molecule has 0 fully saturated rings. The average molecular weight is 500 g/mol. The van der Waals surface area contributed by atoms with Crippen LogP contribution in [0.3, 0.4) is 0 Å². The van der Waals surface area contributed by atoms with E-state index in [1.54, 1.807) is 25.4 Å². The lowest BCUT2D eigenvalue weighted by Crippen LogP contribution is -2.01. The van der Waals surface area contributed by atoms with Crippen LogP contribution >= 0.6 is 0 Å². The fourth-order valence-corrected chi connectivity index (χ4v) is 4.46. The Kier molecular flexibility index (Phi) is 5.91. The van der Waals surface area contributed by atoms with Crippen molar-refractivity contribution in [2.45, 2.75) is 11.4 Å². The minimum atomic E-state index is -3.31. The first-order valence-corrected chi connectivity index (χ1v) is 12.8. The van der Waals surface area contributed by atoms with Gasteiger partial charge in [0.05, 0.1) is 30.3 Å². The molecule has 0 aliphatic carbocycles. The Morgan fingerprint density at radius 1 is 1.08 bits per heavy atom. The molecule has 2 heterocycles. The van der Waals surface area contributed by atoms with Crippen LogP contribution < -0.4 is 10.1 Å². The predicted octanol–water partition coefficient (Wildman–Crippen LogP) is 4.77. The van der Waals surface area contributed by atoms with E-state index in [4.69, 9.17) is 9.15 Å². The topological polar surface area (TPSA) is 123 Å². The Morgan fingerprint density at radius 2 is 1.83 bits per heavy atom. The van der Waals surface area contributed by atoms with Crippen LogP contribution in [0.5, 0.6) is 5.75 Å². The molecule has 0 unspecified atom stereocenters. The molecule has 0 spiro atoms. The summed E-state index contributed by atoms with van der Waals surface area (Å²) in [4.78, 5) is 4.58.